The first-order valence-electron chi connectivity index (χ1n) is 13.9. The Morgan fingerprint density at radius 3 is 2.62 bits per heavy atom. The third-order valence-corrected chi connectivity index (χ3v) is 7.97. The van der Waals surface area contributed by atoms with Crippen LogP contribution < -0.4 is 15.6 Å². The van der Waals surface area contributed by atoms with E-state index in [1.165, 1.54) is 38.6 Å². The zero-order chi connectivity index (χ0) is 26.0. The molecular formula is C30H42N4O3. The van der Waals surface area contributed by atoms with Crippen LogP contribution in [0.2, 0.25) is 0 Å². The largest absolute Gasteiger partial charge is 0.489 e. The van der Waals surface area contributed by atoms with Crippen LogP contribution in [0.15, 0.2) is 41.5 Å². The second-order valence-corrected chi connectivity index (χ2v) is 11.4. The van der Waals surface area contributed by atoms with Crippen LogP contribution in [-0.4, -0.2) is 58.4 Å². The molecule has 0 amide bonds. The minimum absolute atomic E-state index is 0.0541. The van der Waals surface area contributed by atoms with Gasteiger partial charge < -0.3 is 29.6 Å². The Morgan fingerprint density at radius 2 is 1.89 bits per heavy atom. The van der Waals surface area contributed by atoms with E-state index in [-0.39, 0.29) is 11.7 Å². The lowest BCUT2D eigenvalue weighted by molar-refractivity contribution is 0.0785. The van der Waals surface area contributed by atoms with Crippen molar-refractivity contribution in [3.8, 4) is 16.9 Å². The van der Waals surface area contributed by atoms with Gasteiger partial charge in [0.2, 0.25) is 0 Å². The first-order chi connectivity index (χ1) is 17.8. The summed E-state index contributed by atoms with van der Waals surface area (Å²) < 4.78 is 8.40. The molecule has 7 nitrogen and oxygen atoms in total. The summed E-state index contributed by atoms with van der Waals surface area (Å²) in [5, 5.41) is 15.1. The van der Waals surface area contributed by atoms with Crippen molar-refractivity contribution in [2.75, 3.05) is 32.7 Å². The molecule has 3 aromatic rings. The van der Waals surface area contributed by atoms with Gasteiger partial charge in [0.1, 0.15) is 17.4 Å². The Bertz CT molecular complexity index is 1260. The maximum atomic E-state index is 12.7. The zero-order valence-electron chi connectivity index (χ0n) is 22.6. The molecule has 0 spiro atoms. The highest BCUT2D eigenvalue weighted by Crippen LogP contribution is 2.42. The van der Waals surface area contributed by atoms with Crippen molar-refractivity contribution in [1.29, 1.82) is 0 Å². The van der Waals surface area contributed by atoms with Crippen LogP contribution in [0.1, 0.15) is 57.9 Å². The number of hydrogen-bond acceptors (Lipinski definition) is 5. The standard InChI is InChI=1S/C30H42N4O3/c1-30(2,36)22-10-11-27(24(19-22)25-20-33(3)29(35)28-23(25)12-13-32-28)37-26(21-8-9-21)7-5-4-6-16-34-17-14-31-15-18-34/h10-13,19-21,26,31-32,36H,4-9,14-18H2,1-3H3. The van der Waals surface area contributed by atoms with E-state index in [4.69, 9.17) is 4.74 Å². The van der Waals surface area contributed by atoms with Crippen LogP contribution in [0.5, 0.6) is 5.75 Å². The number of aromatic amines is 1. The first-order valence-corrected chi connectivity index (χ1v) is 13.9. The molecule has 2 aliphatic rings. The molecule has 1 aliphatic heterocycles. The quantitative estimate of drug-likeness (QED) is 0.336. The molecule has 2 aromatic heterocycles. The third kappa shape index (κ3) is 6.11. The number of rotatable bonds is 11. The van der Waals surface area contributed by atoms with E-state index in [1.807, 2.05) is 36.7 Å². The van der Waals surface area contributed by atoms with Crippen LogP contribution in [0.3, 0.4) is 0 Å². The van der Waals surface area contributed by atoms with Crippen molar-refractivity contribution in [3.63, 3.8) is 0 Å². The predicted molar refractivity (Wildman–Crippen MR) is 149 cm³/mol. The Kier molecular flexibility index (Phi) is 7.75. The lowest BCUT2D eigenvalue weighted by atomic mass is 9.93. The van der Waals surface area contributed by atoms with Gasteiger partial charge in [-0.15, -0.1) is 0 Å². The average molecular weight is 507 g/mol. The summed E-state index contributed by atoms with van der Waals surface area (Å²) in [6.07, 6.45) is 11.0. The van der Waals surface area contributed by atoms with E-state index in [1.54, 1.807) is 25.5 Å². The van der Waals surface area contributed by atoms with Crippen molar-refractivity contribution >= 4 is 10.9 Å². The van der Waals surface area contributed by atoms with E-state index >= 15 is 0 Å². The number of nitrogens with one attached hydrogen (secondary N) is 2. The first kappa shape index (κ1) is 26.0. The lowest BCUT2D eigenvalue weighted by Crippen LogP contribution is -2.43. The number of pyridine rings is 1. The predicted octanol–water partition coefficient (Wildman–Crippen LogP) is 4.38. The fraction of sp³-hybridized carbons (Fsp3) is 0.567. The molecule has 1 unspecified atom stereocenters. The SMILES string of the molecule is Cn1cc(-c2cc(C(C)(C)O)ccc2OC(CCCCCN2CCNCC2)C2CC2)c2cc[nH]c2c1=O. The summed E-state index contributed by atoms with van der Waals surface area (Å²) in [7, 11) is 1.78. The highest BCUT2D eigenvalue weighted by Gasteiger charge is 2.33. The average Bonchev–Trinajstić information content (AvgIpc) is 3.61. The number of piperazine rings is 1. The zero-order valence-corrected chi connectivity index (χ0v) is 22.6. The molecule has 200 valence electrons. The molecule has 5 rings (SSSR count). The molecule has 7 heteroatoms. The monoisotopic (exact) mass is 506 g/mol. The van der Waals surface area contributed by atoms with Crippen LogP contribution in [0.25, 0.3) is 22.0 Å². The van der Waals surface area contributed by atoms with Gasteiger partial charge in [0, 0.05) is 62.1 Å². The Morgan fingerprint density at radius 1 is 1.11 bits per heavy atom. The molecule has 2 fully saturated rings. The number of fused-ring (bicyclic) bond motifs is 1. The van der Waals surface area contributed by atoms with Gasteiger partial charge >= 0.3 is 0 Å². The summed E-state index contributed by atoms with van der Waals surface area (Å²) in [6.45, 7) is 9.33. The summed E-state index contributed by atoms with van der Waals surface area (Å²) in [6, 6.07) is 7.95. The third-order valence-electron chi connectivity index (χ3n) is 7.97. The van der Waals surface area contributed by atoms with Gasteiger partial charge in [-0.05, 0) is 82.2 Å². The summed E-state index contributed by atoms with van der Waals surface area (Å²) in [5.41, 5.74) is 2.23. The van der Waals surface area contributed by atoms with Crippen LogP contribution in [0, 0.1) is 5.92 Å². The smallest absolute Gasteiger partial charge is 0.274 e. The van der Waals surface area contributed by atoms with E-state index in [2.05, 4.69) is 15.2 Å². The van der Waals surface area contributed by atoms with Gasteiger partial charge in [-0.3, -0.25) is 4.79 Å². The Labute approximate surface area is 219 Å². The highest BCUT2D eigenvalue weighted by atomic mass is 16.5. The van der Waals surface area contributed by atoms with Gasteiger partial charge in [-0.25, -0.2) is 0 Å². The van der Waals surface area contributed by atoms with E-state index in [9.17, 15) is 9.90 Å². The molecule has 1 atom stereocenters. The lowest BCUT2D eigenvalue weighted by Gasteiger charge is -2.27. The normalized spacial score (nSPS) is 17.8. The number of benzene rings is 1. The number of aliphatic hydroxyl groups is 1. The second kappa shape index (κ2) is 11.0. The number of aromatic nitrogens is 2. The highest BCUT2D eigenvalue weighted by molar-refractivity contribution is 5.96. The maximum Gasteiger partial charge on any atom is 0.274 e. The summed E-state index contributed by atoms with van der Waals surface area (Å²) in [4.78, 5) is 18.4. The van der Waals surface area contributed by atoms with Gasteiger partial charge in [0.05, 0.1) is 5.60 Å². The molecule has 37 heavy (non-hydrogen) atoms. The minimum Gasteiger partial charge on any atom is -0.489 e. The molecular weight excluding hydrogens is 464 g/mol. The van der Waals surface area contributed by atoms with E-state index in [0.29, 0.717) is 11.4 Å². The maximum absolute atomic E-state index is 12.7. The molecule has 1 saturated heterocycles. The van der Waals surface area contributed by atoms with Crippen LogP contribution in [0.4, 0.5) is 0 Å². The Balaban J connectivity index is 1.36. The van der Waals surface area contributed by atoms with E-state index in [0.717, 1.165) is 60.4 Å². The van der Waals surface area contributed by atoms with Gasteiger partial charge in [-0.2, -0.15) is 0 Å². The molecule has 0 radical (unpaired) electrons. The van der Waals surface area contributed by atoms with Crippen molar-refractivity contribution in [2.24, 2.45) is 13.0 Å². The second-order valence-electron chi connectivity index (χ2n) is 11.4. The number of ether oxygens (including phenoxy) is 1. The van der Waals surface area contributed by atoms with Gasteiger partial charge in [0.25, 0.3) is 5.56 Å². The molecule has 1 aromatic carbocycles. The van der Waals surface area contributed by atoms with Gasteiger partial charge in [-0.1, -0.05) is 12.5 Å². The number of hydrogen-bond donors (Lipinski definition) is 3. The van der Waals surface area contributed by atoms with Crippen LogP contribution >= 0.6 is 0 Å². The van der Waals surface area contributed by atoms with E-state index < -0.39 is 5.60 Å². The van der Waals surface area contributed by atoms with Gasteiger partial charge in [0.15, 0.2) is 0 Å². The number of aryl methyl sites for hydroxylation is 1. The van der Waals surface area contributed by atoms with Crippen molar-refractivity contribution < 1.29 is 9.84 Å². The molecule has 1 saturated carbocycles. The number of H-pyrrole nitrogens is 1. The van der Waals surface area contributed by atoms with Crippen molar-refractivity contribution in [1.82, 2.24) is 19.8 Å². The minimum atomic E-state index is -0.981. The number of unbranched alkanes of at least 4 members (excludes halogenated alkanes) is 2. The summed E-state index contributed by atoms with van der Waals surface area (Å²) >= 11 is 0. The molecule has 3 N–H and O–H groups in total. The van der Waals surface area contributed by atoms with Crippen molar-refractivity contribution in [2.45, 2.75) is 64.1 Å². The van der Waals surface area contributed by atoms with Crippen molar-refractivity contribution in [3.05, 3.63) is 52.6 Å². The Hall–Kier alpha value is -2.61. The molecule has 1 aliphatic carbocycles. The fourth-order valence-electron chi connectivity index (χ4n) is 5.52. The number of nitrogens with zero attached hydrogens (tertiary/aromatic N) is 2. The molecule has 0 bridgehead atoms. The fourth-order valence-corrected chi connectivity index (χ4v) is 5.52. The van der Waals surface area contributed by atoms with Crippen LogP contribution in [-0.2, 0) is 12.6 Å². The molecule has 3 heterocycles. The topological polar surface area (TPSA) is 82.5 Å². The summed E-state index contributed by atoms with van der Waals surface area (Å²) in [5.74, 6) is 1.44.